The third-order valence-corrected chi connectivity index (χ3v) is 5.86. The van der Waals surface area contributed by atoms with Gasteiger partial charge in [-0.05, 0) is 24.7 Å². The highest BCUT2D eigenvalue weighted by molar-refractivity contribution is 7.80. The highest BCUT2D eigenvalue weighted by Crippen LogP contribution is 2.29. The average molecular weight is 374 g/mol. The maximum atomic E-state index is 12.7. The third kappa shape index (κ3) is 2.73. The highest BCUT2D eigenvalue weighted by atomic mass is 32.1. The summed E-state index contributed by atoms with van der Waals surface area (Å²) in [6.45, 7) is 2.94. The second-order valence-corrected chi connectivity index (χ2v) is 7.10. The van der Waals surface area contributed by atoms with Gasteiger partial charge in [-0.3, -0.25) is 13.9 Å². The molecular formula is C14H16F2N4O2S2. The van der Waals surface area contributed by atoms with Crippen LogP contribution >= 0.6 is 23.6 Å². The molecule has 1 saturated heterocycles. The second-order valence-electron chi connectivity index (χ2n) is 5.63. The molecule has 6 nitrogen and oxygen atoms in total. The van der Waals surface area contributed by atoms with Gasteiger partial charge in [-0.15, -0.1) is 11.3 Å². The van der Waals surface area contributed by atoms with Gasteiger partial charge in [0.05, 0.1) is 18.5 Å². The monoisotopic (exact) mass is 374 g/mol. The summed E-state index contributed by atoms with van der Waals surface area (Å²) in [5, 5.41) is 4.04. The van der Waals surface area contributed by atoms with Crippen LogP contribution in [0.3, 0.4) is 0 Å². The molecule has 0 aromatic carbocycles. The minimum atomic E-state index is -2.76. The van der Waals surface area contributed by atoms with Crippen molar-refractivity contribution in [3.63, 3.8) is 0 Å². The SMILES string of the molecule is Cc1c(CN2CCNC2=S)sc2c1c(=O)n(CC(F)F)c(=O)n2C. The minimum absolute atomic E-state index is 0.329. The molecule has 3 rings (SSSR count). The topological polar surface area (TPSA) is 59.3 Å². The predicted molar refractivity (Wildman–Crippen MR) is 93.1 cm³/mol. The number of halogens is 2. The quantitative estimate of drug-likeness (QED) is 0.810. The number of alkyl halides is 2. The lowest BCUT2D eigenvalue weighted by Gasteiger charge is -2.15. The van der Waals surface area contributed by atoms with Crippen molar-refractivity contribution in [3.05, 3.63) is 31.3 Å². The zero-order valence-corrected chi connectivity index (χ0v) is 14.8. The van der Waals surface area contributed by atoms with E-state index in [-0.39, 0.29) is 0 Å². The Balaban J connectivity index is 2.15. The van der Waals surface area contributed by atoms with Crippen molar-refractivity contribution in [1.29, 1.82) is 0 Å². The van der Waals surface area contributed by atoms with E-state index in [1.165, 1.54) is 23.0 Å². The molecule has 2 aromatic heterocycles. The van der Waals surface area contributed by atoms with Crippen molar-refractivity contribution in [2.75, 3.05) is 13.1 Å². The van der Waals surface area contributed by atoms with Crippen molar-refractivity contribution in [2.24, 2.45) is 7.05 Å². The summed E-state index contributed by atoms with van der Waals surface area (Å²) >= 11 is 6.55. The van der Waals surface area contributed by atoms with Crippen LogP contribution in [0, 0.1) is 6.92 Å². The van der Waals surface area contributed by atoms with Gasteiger partial charge >= 0.3 is 5.69 Å². The Morgan fingerprint density at radius 1 is 1.38 bits per heavy atom. The normalized spacial score (nSPS) is 14.9. The summed E-state index contributed by atoms with van der Waals surface area (Å²) < 4.78 is 27.3. The van der Waals surface area contributed by atoms with E-state index in [0.29, 0.717) is 32.0 Å². The fourth-order valence-electron chi connectivity index (χ4n) is 2.81. The number of nitrogens with zero attached hydrogens (tertiary/aromatic N) is 3. The van der Waals surface area contributed by atoms with E-state index in [4.69, 9.17) is 12.2 Å². The highest BCUT2D eigenvalue weighted by Gasteiger charge is 2.23. The van der Waals surface area contributed by atoms with Crippen molar-refractivity contribution in [2.45, 2.75) is 26.4 Å². The molecule has 0 amide bonds. The van der Waals surface area contributed by atoms with Gasteiger partial charge in [-0.1, -0.05) is 0 Å². The summed E-state index contributed by atoms with van der Waals surface area (Å²) in [6, 6.07) is 0. The zero-order chi connectivity index (χ0) is 17.6. The Labute approximate surface area is 145 Å². The summed E-state index contributed by atoms with van der Waals surface area (Å²) in [7, 11) is 1.49. The molecule has 0 saturated carbocycles. The number of thiocarbonyl (C=S) groups is 1. The van der Waals surface area contributed by atoms with E-state index >= 15 is 0 Å². The molecular weight excluding hydrogens is 358 g/mol. The molecule has 0 radical (unpaired) electrons. The van der Waals surface area contributed by atoms with Gasteiger partial charge in [-0.2, -0.15) is 0 Å². The number of nitrogens with one attached hydrogen (secondary N) is 1. The van der Waals surface area contributed by atoms with Gasteiger partial charge in [0.15, 0.2) is 5.11 Å². The molecule has 3 heterocycles. The molecule has 0 bridgehead atoms. The second kappa shape index (κ2) is 6.25. The van der Waals surface area contributed by atoms with Crippen molar-refractivity contribution in [1.82, 2.24) is 19.4 Å². The maximum Gasteiger partial charge on any atom is 0.332 e. The Morgan fingerprint density at radius 3 is 2.67 bits per heavy atom. The summed E-state index contributed by atoms with van der Waals surface area (Å²) in [4.78, 5) is 28.1. The fourth-order valence-corrected chi connectivity index (χ4v) is 4.33. The molecule has 1 N–H and O–H groups in total. The molecule has 0 atom stereocenters. The number of hydrogen-bond acceptors (Lipinski definition) is 4. The first-order valence-electron chi connectivity index (χ1n) is 7.34. The van der Waals surface area contributed by atoms with Gasteiger partial charge in [0, 0.05) is 25.0 Å². The third-order valence-electron chi connectivity index (χ3n) is 4.11. The predicted octanol–water partition coefficient (Wildman–Crippen LogP) is 1.03. The Bertz CT molecular complexity index is 931. The standard InChI is InChI=1S/C14H16F2N4O2S2/c1-7-8(5-19-4-3-17-13(19)23)24-12-10(7)11(21)20(6-9(15)16)14(22)18(12)2/h9H,3-6H2,1-2H3,(H,17,23). The smallest absolute Gasteiger partial charge is 0.332 e. The molecule has 1 aliphatic heterocycles. The Hall–Kier alpha value is -1.81. The largest absolute Gasteiger partial charge is 0.361 e. The lowest BCUT2D eigenvalue weighted by Crippen LogP contribution is -2.40. The number of aryl methyl sites for hydroxylation is 2. The molecule has 0 aliphatic carbocycles. The molecule has 10 heteroatoms. The number of thiophene rings is 1. The number of hydrogen-bond donors (Lipinski definition) is 1. The number of fused-ring (bicyclic) bond motifs is 1. The minimum Gasteiger partial charge on any atom is -0.361 e. The van der Waals surface area contributed by atoms with E-state index in [1.807, 2.05) is 4.90 Å². The first kappa shape index (κ1) is 17.0. The van der Waals surface area contributed by atoms with Crippen LogP contribution in [0.1, 0.15) is 10.4 Å². The molecule has 2 aromatic rings. The maximum absolute atomic E-state index is 12.7. The molecule has 1 aliphatic rings. The summed E-state index contributed by atoms with van der Waals surface area (Å²) in [5.41, 5.74) is -0.664. The Morgan fingerprint density at radius 2 is 2.08 bits per heavy atom. The molecule has 24 heavy (non-hydrogen) atoms. The van der Waals surface area contributed by atoms with Gasteiger partial charge < -0.3 is 10.2 Å². The number of rotatable bonds is 4. The number of aromatic nitrogens is 2. The Kier molecular flexibility index (Phi) is 4.43. The van der Waals surface area contributed by atoms with Gasteiger partial charge in [-0.25, -0.2) is 13.6 Å². The summed E-state index contributed by atoms with van der Waals surface area (Å²) in [6.07, 6.45) is -2.76. The van der Waals surface area contributed by atoms with Crippen LogP contribution in [0.5, 0.6) is 0 Å². The van der Waals surface area contributed by atoms with Gasteiger partial charge in [0.1, 0.15) is 4.83 Å². The van der Waals surface area contributed by atoms with E-state index in [1.54, 1.807) is 6.92 Å². The first-order chi connectivity index (χ1) is 11.3. The van der Waals surface area contributed by atoms with Crippen molar-refractivity contribution in [3.8, 4) is 0 Å². The van der Waals surface area contributed by atoms with Crippen LogP contribution in [0.2, 0.25) is 0 Å². The van der Waals surface area contributed by atoms with Crippen molar-refractivity contribution < 1.29 is 8.78 Å². The van der Waals surface area contributed by atoms with Crippen LogP contribution in [0.15, 0.2) is 9.59 Å². The van der Waals surface area contributed by atoms with Crippen LogP contribution in [-0.2, 0) is 20.1 Å². The van der Waals surface area contributed by atoms with Crippen LogP contribution in [-0.4, -0.2) is 38.7 Å². The lowest BCUT2D eigenvalue weighted by molar-refractivity contribution is 0.123. The van der Waals surface area contributed by atoms with Crippen LogP contribution in [0.25, 0.3) is 10.2 Å². The van der Waals surface area contributed by atoms with Crippen molar-refractivity contribution >= 4 is 38.9 Å². The zero-order valence-electron chi connectivity index (χ0n) is 13.1. The van der Waals surface area contributed by atoms with Crippen LogP contribution in [0.4, 0.5) is 8.78 Å². The molecule has 130 valence electrons. The van der Waals surface area contributed by atoms with E-state index in [9.17, 15) is 18.4 Å². The van der Waals surface area contributed by atoms with E-state index in [0.717, 1.165) is 18.0 Å². The lowest BCUT2D eigenvalue weighted by atomic mass is 10.2. The van der Waals surface area contributed by atoms with Crippen LogP contribution < -0.4 is 16.6 Å². The van der Waals surface area contributed by atoms with E-state index in [2.05, 4.69) is 5.32 Å². The fraction of sp³-hybridized carbons (Fsp3) is 0.500. The van der Waals surface area contributed by atoms with Gasteiger partial charge in [0.2, 0.25) is 0 Å². The molecule has 0 unspecified atom stereocenters. The average Bonchev–Trinajstić information content (AvgIpc) is 3.06. The molecule has 1 fully saturated rings. The summed E-state index contributed by atoms with van der Waals surface area (Å²) in [5.74, 6) is 0. The van der Waals surface area contributed by atoms with Gasteiger partial charge in [0.25, 0.3) is 12.0 Å². The molecule has 0 spiro atoms. The van der Waals surface area contributed by atoms with E-state index < -0.39 is 24.2 Å². The first-order valence-corrected chi connectivity index (χ1v) is 8.56.